The summed E-state index contributed by atoms with van der Waals surface area (Å²) in [6.07, 6.45) is 0. The Labute approximate surface area is 85.6 Å². The Morgan fingerprint density at radius 2 is 2.15 bits per heavy atom. The van der Waals surface area contributed by atoms with E-state index in [9.17, 15) is 10.1 Å². The van der Waals surface area contributed by atoms with Crippen molar-refractivity contribution in [2.24, 2.45) is 0 Å². The van der Waals surface area contributed by atoms with Crippen molar-refractivity contribution >= 4 is 29.7 Å². The molecule has 0 unspecified atom stereocenters. The lowest BCUT2D eigenvalue weighted by Gasteiger charge is -2.01. The molecule has 0 heterocycles. The topological polar surface area (TPSA) is 67.2 Å². The minimum absolute atomic E-state index is 0. The van der Waals surface area contributed by atoms with Crippen LogP contribution in [0.5, 0.6) is 0 Å². The maximum absolute atomic E-state index is 9.86. The Balaban J connectivity index is 0.00000144. The Kier molecular flexibility index (Phi) is 4.94. The van der Waals surface area contributed by atoms with Crippen LogP contribution in [0.2, 0.25) is 5.02 Å². The smallest absolute Gasteiger partial charge is 0.178 e. The van der Waals surface area contributed by atoms with Gasteiger partial charge >= 0.3 is 0 Å². The van der Waals surface area contributed by atoms with E-state index in [-0.39, 0.29) is 12.4 Å². The summed E-state index contributed by atoms with van der Waals surface area (Å²) in [6, 6.07) is 6.59. The molecule has 13 heavy (non-hydrogen) atoms. The van der Waals surface area contributed by atoms with Gasteiger partial charge < -0.3 is 0 Å². The average Bonchev–Trinajstić information content (AvgIpc) is 2.01. The molecule has 0 atom stereocenters. The van der Waals surface area contributed by atoms with Crippen LogP contribution in [0.15, 0.2) is 24.3 Å². The van der Waals surface area contributed by atoms with Gasteiger partial charge in [0.15, 0.2) is 5.03 Å². The highest BCUT2D eigenvalue weighted by atomic mass is 35.5. The van der Waals surface area contributed by atoms with Crippen LogP contribution in [-0.4, -0.2) is 5.03 Å². The van der Waals surface area contributed by atoms with Crippen LogP contribution in [0.1, 0.15) is 0 Å². The highest BCUT2D eigenvalue weighted by molar-refractivity contribution is 6.30. The van der Waals surface area contributed by atoms with Crippen molar-refractivity contribution < 1.29 is 5.03 Å². The van der Waals surface area contributed by atoms with Gasteiger partial charge in [-0.2, -0.15) is 0 Å². The standard InChI is InChI=1S/C6H6ClN3O2.ClH/c7-5-2-1-3-6(4-5)8-9-10(11)12;/h1-4,8-9H;1H. The maximum Gasteiger partial charge on any atom is 0.178 e. The number of hydrazine groups is 2. The molecule has 0 aliphatic rings. The van der Waals surface area contributed by atoms with E-state index < -0.39 is 5.03 Å². The van der Waals surface area contributed by atoms with E-state index in [1.165, 1.54) is 0 Å². The van der Waals surface area contributed by atoms with Gasteiger partial charge in [0.05, 0.1) is 5.69 Å². The first-order valence-corrected chi connectivity index (χ1v) is 3.48. The van der Waals surface area contributed by atoms with Crippen LogP contribution >= 0.6 is 24.0 Å². The van der Waals surface area contributed by atoms with Gasteiger partial charge in [-0.25, -0.2) is 15.5 Å². The highest BCUT2D eigenvalue weighted by Gasteiger charge is 1.94. The fourth-order valence-electron chi connectivity index (χ4n) is 0.676. The Morgan fingerprint density at radius 3 is 2.69 bits per heavy atom. The molecule has 1 rings (SSSR count). The van der Waals surface area contributed by atoms with E-state index in [0.717, 1.165) is 0 Å². The summed E-state index contributed by atoms with van der Waals surface area (Å²) in [4.78, 5) is 9.86. The second kappa shape index (κ2) is 5.45. The molecule has 0 saturated heterocycles. The lowest BCUT2D eigenvalue weighted by Crippen LogP contribution is -2.27. The molecule has 0 fully saturated rings. The zero-order valence-corrected chi connectivity index (χ0v) is 7.93. The second-order valence-electron chi connectivity index (χ2n) is 2.00. The van der Waals surface area contributed by atoms with E-state index in [0.29, 0.717) is 10.7 Å². The van der Waals surface area contributed by atoms with Crippen molar-refractivity contribution in [1.29, 1.82) is 0 Å². The molecule has 1 aromatic rings. The summed E-state index contributed by atoms with van der Waals surface area (Å²) >= 11 is 5.62. The molecule has 0 radical (unpaired) electrons. The lowest BCUT2D eigenvalue weighted by molar-refractivity contribution is -0.538. The van der Waals surface area contributed by atoms with E-state index in [1.807, 2.05) is 0 Å². The predicted molar refractivity (Wildman–Crippen MR) is 52.5 cm³/mol. The SMILES string of the molecule is Cl.O=[N+]([O-])NNc1cccc(Cl)c1. The Hall–Kier alpha value is -1.20. The van der Waals surface area contributed by atoms with Crippen molar-refractivity contribution in [3.05, 3.63) is 39.4 Å². The molecule has 0 bridgehead atoms. The van der Waals surface area contributed by atoms with Crippen molar-refractivity contribution in [3.8, 4) is 0 Å². The number of nitrogens with zero attached hydrogens (tertiary/aromatic N) is 1. The molecule has 0 spiro atoms. The monoisotopic (exact) mass is 223 g/mol. The number of nitro groups is 1. The molecular weight excluding hydrogens is 217 g/mol. The molecule has 7 heteroatoms. The number of benzene rings is 1. The van der Waals surface area contributed by atoms with Crippen LogP contribution in [0.3, 0.4) is 0 Å². The third kappa shape index (κ3) is 4.39. The van der Waals surface area contributed by atoms with E-state index in [1.54, 1.807) is 29.8 Å². The van der Waals surface area contributed by atoms with Gasteiger partial charge in [0.1, 0.15) is 0 Å². The van der Waals surface area contributed by atoms with Gasteiger partial charge in [0.25, 0.3) is 0 Å². The normalized spacial score (nSPS) is 8.38. The molecule has 2 N–H and O–H groups in total. The molecule has 0 aliphatic carbocycles. The summed E-state index contributed by atoms with van der Waals surface area (Å²) in [5.41, 5.74) is 4.69. The first-order chi connectivity index (χ1) is 5.68. The lowest BCUT2D eigenvalue weighted by atomic mass is 10.3. The van der Waals surface area contributed by atoms with Gasteiger partial charge in [0.2, 0.25) is 0 Å². The van der Waals surface area contributed by atoms with Gasteiger partial charge in [0, 0.05) is 5.02 Å². The minimum atomic E-state index is -0.694. The summed E-state index contributed by atoms with van der Waals surface area (Å²) < 4.78 is 0. The molecule has 5 nitrogen and oxygen atoms in total. The molecule has 0 aromatic heterocycles. The first kappa shape index (κ1) is 11.8. The predicted octanol–water partition coefficient (Wildman–Crippen LogP) is 1.87. The average molecular weight is 224 g/mol. The number of anilines is 1. The Bertz CT molecular complexity index is 295. The number of nitrogens with one attached hydrogen (secondary N) is 2. The van der Waals surface area contributed by atoms with E-state index in [4.69, 9.17) is 11.6 Å². The number of hydrogen-bond donors (Lipinski definition) is 2. The fraction of sp³-hybridized carbons (Fsp3) is 0. The molecular formula is C6H7Cl2N3O2. The third-order valence-corrected chi connectivity index (χ3v) is 1.35. The molecule has 0 amide bonds. The van der Waals surface area contributed by atoms with E-state index in [2.05, 4.69) is 5.43 Å². The summed E-state index contributed by atoms with van der Waals surface area (Å²) in [6.45, 7) is 0. The van der Waals surface area contributed by atoms with Gasteiger partial charge in [-0.3, -0.25) is 0 Å². The minimum Gasteiger partial charge on any atom is -0.248 e. The first-order valence-electron chi connectivity index (χ1n) is 3.10. The van der Waals surface area contributed by atoms with Crippen molar-refractivity contribution in [3.63, 3.8) is 0 Å². The molecule has 1 aromatic carbocycles. The maximum atomic E-state index is 9.86. The number of hydrogen-bond acceptors (Lipinski definition) is 3. The molecule has 0 saturated carbocycles. The second-order valence-corrected chi connectivity index (χ2v) is 2.44. The Morgan fingerprint density at radius 1 is 1.46 bits per heavy atom. The summed E-state index contributed by atoms with van der Waals surface area (Å²) in [5.74, 6) is 0. The largest absolute Gasteiger partial charge is 0.248 e. The molecule has 72 valence electrons. The summed E-state index contributed by atoms with van der Waals surface area (Å²) in [7, 11) is 0. The van der Waals surface area contributed by atoms with Crippen molar-refractivity contribution in [2.45, 2.75) is 0 Å². The van der Waals surface area contributed by atoms with E-state index >= 15 is 0 Å². The van der Waals surface area contributed by atoms with Gasteiger partial charge in [-0.1, -0.05) is 17.7 Å². The van der Waals surface area contributed by atoms with Gasteiger partial charge in [-0.05, 0) is 23.7 Å². The number of halogens is 2. The number of rotatable bonds is 3. The van der Waals surface area contributed by atoms with Crippen LogP contribution in [-0.2, 0) is 0 Å². The van der Waals surface area contributed by atoms with Gasteiger partial charge in [-0.15, -0.1) is 12.4 Å². The summed E-state index contributed by atoms with van der Waals surface area (Å²) in [5, 5.41) is 9.68. The highest BCUT2D eigenvalue weighted by Crippen LogP contribution is 2.13. The third-order valence-electron chi connectivity index (χ3n) is 1.12. The van der Waals surface area contributed by atoms with Crippen LogP contribution in [0.4, 0.5) is 5.69 Å². The van der Waals surface area contributed by atoms with Crippen LogP contribution < -0.4 is 11.0 Å². The molecule has 0 aliphatic heterocycles. The van der Waals surface area contributed by atoms with Crippen molar-refractivity contribution in [2.75, 3.05) is 5.43 Å². The van der Waals surface area contributed by atoms with Crippen molar-refractivity contribution in [1.82, 2.24) is 5.53 Å². The zero-order valence-electron chi connectivity index (χ0n) is 6.36. The van der Waals surface area contributed by atoms with Crippen LogP contribution in [0, 0.1) is 10.1 Å². The zero-order chi connectivity index (χ0) is 8.97. The fourth-order valence-corrected chi connectivity index (χ4v) is 0.867. The quantitative estimate of drug-likeness (QED) is 0.607. The van der Waals surface area contributed by atoms with Crippen LogP contribution in [0.25, 0.3) is 0 Å².